The average molecular weight is 409 g/mol. The van der Waals surface area contributed by atoms with Crippen LogP contribution in [0.3, 0.4) is 0 Å². The molecule has 0 bridgehead atoms. The van der Waals surface area contributed by atoms with Crippen LogP contribution in [0.5, 0.6) is 0 Å². The molecule has 10 heteroatoms. The smallest absolute Gasteiger partial charge is 0.350 e. The number of ether oxygens (including phenoxy) is 1. The SMILES string of the molecule is COC(=O)c1sc(NC(=O)C2CCCN2S(=O)(=O)c2ccccc2)nc1C. The molecule has 1 aliphatic rings. The molecular weight excluding hydrogens is 390 g/mol. The summed E-state index contributed by atoms with van der Waals surface area (Å²) < 4.78 is 31.6. The van der Waals surface area contributed by atoms with Crippen LogP contribution in [0.1, 0.15) is 28.2 Å². The van der Waals surface area contributed by atoms with E-state index in [1.165, 1.54) is 23.5 Å². The third-order valence-electron chi connectivity index (χ3n) is 4.25. The third kappa shape index (κ3) is 3.87. The van der Waals surface area contributed by atoms with Crippen molar-refractivity contribution in [2.24, 2.45) is 0 Å². The first-order valence-electron chi connectivity index (χ1n) is 8.28. The summed E-state index contributed by atoms with van der Waals surface area (Å²) in [6, 6.07) is 7.22. The number of carbonyl (C=O) groups is 2. The van der Waals surface area contributed by atoms with Gasteiger partial charge in [-0.05, 0) is 31.9 Å². The number of carbonyl (C=O) groups excluding carboxylic acids is 2. The summed E-state index contributed by atoms with van der Waals surface area (Å²) in [6.45, 7) is 1.92. The molecule has 1 saturated heterocycles. The minimum atomic E-state index is -3.76. The van der Waals surface area contributed by atoms with Crippen molar-refractivity contribution in [2.75, 3.05) is 19.0 Å². The molecule has 0 aliphatic carbocycles. The Balaban J connectivity index is 1.79. The second kappa shape index (κ2) is 7.75. The van der Waals surface area contributed by atoms with Gasteiger partial charge in [-0.2, -0.15) is 4.31 Å². The largest absolute Gasteiger partial charge is 0.465 e. The molecule has 1 aliphatic heterocycles. The first-order valence-corrected chi connectivity index (χ1v) is 10.5. The van der Waals surface area contributed by atoms with Crippen LogP contribution in [0.15, 0.2) is 35.2 Å². The van der Waals surface area contributed by atoms with Gasteiger partial charge in [-0.1, -0.05) is 29.5 Å². The molecule has 0 radical (unpaired) electrons. The molecule has 8 nitrogen and oxygen atoms in total. The average Bonchev–Trinajstić information content (AvgIpc) is 3.29. The van der Waals surface area contributed by atoms with Gasteiger partial charge in [0.05, 0.1) is 17.7 Å². The molecule has 1 fully saturated rings. The lowest BCUT2D eigenvalue weighted by molar-refractivity contribution is -0.119. The highest BCUT2D eigenvalue weighted by molar-refractivity contribution is 7.89. The van der Waals surface area contributed by atoms with Crippen LogP contribution in [0.4, 0.5) is 5.13 Å². The summed E-state index contributed by atoms with van der Waals surface area (Å²) in [5.41, 5.74) is 0.447. The fraction of sp³-hybridized carbons (Fsp3) is 0.353. The lowest BCUT2D eigenvalue weighted by Gasteiger charge is -2.23. The predicted octanol–water partition coefficient (Wildman–Crippen LogP) is 2.03. The van der Waals surface area contributed by atoms with Crippen LogP contribution in [-0.4, -0.2) is 49.3 Å². The summed E-state index contributed by atoms with van der Waals surface area (Å²) in [5.74, 6) is -0.989. The molecule has 1 unspecified atom stereocenters. The molecule has 27 heavy (non-hydrogen) atoms. The van der Waals surface area contributed by atoms with Gasteiger partial charge in [0.25, 0.3) is 0 Å². The zero-order valence-electron chi connectivity index (χ0n) is 14.8. The van der Waals surface area contributed by atoms with Gasteiger partial charge >= 0.3 is 5.97 Å². The monoisotopic (exact) mass is 409 g/mol. The van der Waals surface area contributed by atoms with E-state index in [2.05, 4.69) is 15.0 Å². The summed E-state index contributed by atoms with van der Waals surface area (Å²) in [6.07, 6.45) is 1.01. The number of nitrogens with zero attached hydrogens (tertiary/aromatic N) is 2. The van der Waals surface area contributed by atoms with E-state index in [4.69, 9.17) is 0 Å². The molecular formula is C17H19N3O5S2. The number of amides is 1. The van der Waals surface area contributed by atoms with Crippen molar-refractivity contribution in [3.05, 3.63) is 40.9 Å². The number of thiazole rings is 1. The molecule has 3 rings (SSSR count). The fourth-order valence-corrected chi connectivity index (χ4v) is 5.50. The summed E-state index contributed by atoms with van der Waals surface area (Å²) >= 11 is 0.999. The fourth-order valence-electron chi connectivity index (χ4n) is 2.94. The Hall–Kier alpha value is -2.30. The number of aromatic nitrogens is 1. The number of methoxy groups -OCH3 is 1. The van der Waals surface area contributed by atoms with Crippen molar-refractivity contribution < 1.29 is 22.7 Å². The minimum absolute atomic E-state index is 0.155. The van der Waals surface area contributed by atoms with Gasteiger partial charge < -0.3 is 10.1 Å². The van der Waals surface area contributed by atoms with Gasteiger partial charge in [-0.25, -0.2) is 18.2 Å². The Morgan fingerprint density at radius 1 is 1.30 bits per heavy atom. The van der Waals surface area contributed by atoms with Gasteiger partial charge in [0.15, 0.2) is 5.13 Å². The maximum Gasteiger partial charge on any atom is 0.350 e. The Labute approximate surface area is 161 Å². The van der Waals surface area contributed by atoms with Gasteiger partial charge in [-0.15, -0.1) is 0 Å². The second-order valence-electron chi connectivity index (χ2n) is 6.00. The van der Waals surface area contributed by atoms with Crippen LogP contribution in [0.25, 0.3) is 0 Å². The second-order valence-corrected chi connectivity index (χ2v) is 8.89. The van der Waals surface area contributed by atoms with E-state index >= 15 is 0 Å². The van der Waals surface area contributed by atoms with E-state index in [-0.39, 0.29) is 16.6 Å². The quantitative estimate of drug-likeness (QED) is 0.758. The normalized spacial score (nSPS) is 17.6. The Kier molecular flexibility index (Phi) is 5.59. The van der Waals surface area contributed by atoms with Crippen LogP contribution < -0.4 is 5.32 Å². The number of nitrogens with one attached hydrogen (secondary N) is 1. The first kappa shape index (κ1) is 19.5. The summed E-state index contributed by atoms with van der Waals surface area (Å²) in [7, 11) is -2.50. The molecule has 1 amide bonds. The van der Waals surface area contributed by atoms with E-state index in [9.17, 15) is 18.0 Å². The number of hydrogen-bond donors (Lipinski definition) is 1. The van der Waals surface area contributed by atoms with Crippen molar-refractivity contribution in [3.63, 3.8) is 0 Å². The number of rotatable bonds is 5. The van der Waals surface area contributed by atoms with Crippen molar-refractivity contribution in [3.8, 4) is 0 Å². The molecule has 1 aromatic heterocycles. The van der Waals surface area contributed by atoms with Crippen molar-refractivity contribution in [1.82, 2.24) is 9.29 Å². The van der Waals surface area contributed by atoms with Gasteiger partial charge in [0, 0.05) is 6.54 Å². The molecule has 2 aromatic rings. The number of benzene rings is 1. The molecule has 1 N–H and O–H groups in total. The first-order chi connectivity index (χ1) is 12.8. The number of anilines is 1. The highest BCUT2D eigenvalue weighted by Crippen LogP contribution is 2.28. The topological polar surface area (TPSA) is 106 Å². The zero-order chi connectivity index (χ0) is 19.6. The third-order valence-corrected chi connectivity index (χ3v) is 7.23. The molecule has 1 aromatic carbocycles. The van der Waals surface area contributed by atoms with Crippen LogP contribution in [-0.2, 0) is 19.6 Å². The number of esters is 1. The number of sulfonamides is 1. The Bertz CT molecular complexity index is 956. The lowest BCUT2D eigenvalue weighted by atomic mass is 10.2. The highest BCUT2D eigenvalue weighted by Gasteiger charge is 2.39. The van der Waals surface area contributed by atoms with Gasteiger partial charge in [0.1, 0.15) is 10.9 Å². The molecule has 0 saturated carbocycles. The molecule has 1 atom stereocenters. The zero-order valence-corrected chi connectivity index (χ0v) is 16.5. The lowest BCUT2D eigenvalue weighted by Crippen LogP contribution is -2.43. The van der Waals surface area contributed by atoms with Gasteiger partial charge in [0.2, 0.25) is 15.9 Å². The summed E-state index contributed by atoms with van der Waals surface area (Å²) in [4.78, 5) is 29.0. The standard InChI is InChI=1S/C17H19N3O5S2/c1-11-14(16(22)25-2)26-17(18-11)19-15(21)13-9-6-10-20(13)27(23,24)12-7-4-3-5-8-12/h3-5,7-8,13H,6,9-10H2,1-2H3,(H,18,19,21). The van der Waals surface area contributed by atoms with E-state index in [0.29, 0.717) is 23.4 Å². The molecule has 144 valence electrons. The van der Waals surface area contributed by atoms with Gasteiger partial charge in [-0.3, -0.25) is 4.79 Å². The van der Waals surface area contributed by atoms with Crippen LogP contribution in [0.2, 0.25) is 0 Å². The predicted molar refractivity (Wildman–Crippen MR) is 100 cm³/mol. The minimum Gasteiger partial charge on any atom is -0.465 e. The van der Waals surface area contributed by atoms with E-state index in [1.807, 2.05) is 0 Å². The summed E-state index contributed by atoms with van der Waals surface area (Å²) in [5, 5.41) is 2.87. The van der Waals surface area contributed by atoms with E-state index in [1.54, 1.807) is 25.1 Å². The number of hydrogen-bond acceptors (Lipinski definition) is 7. The van der Waals surface area contributed by atoms with Crippen molar-refractivity contribution in [2.45, 2.75) is 30.7 Å². The molecule has 0 spiro atoms. The van der Waals surface area contributed by atoms with Crippen LogP contribution >= 0.6 is 11.3 Å². The van der Waals surface area contributed by atoms with E-state index in [0.717, 1.165) is 11.3 Å². The maximum atomic E-state index is 12.9. The highest BCUT2D eigenvalue weighted by atomic mass is 32.2. The maximum absolute atomic E-state index is 12.9. The van der Waals surface area contributed by atoms with Crippen molar-refractivity contribution >= 4 is 38.4 Å². The number of aryl methyl sites for hydroxylation is 1. The van der Waals surface area contributed by atoms with Crippen LogP contribution in [0, 0.1) is 6.92 Å². The Morgan fingerprint density at radius 3 is 2.67 bits per heavy atom. The Morgan fingerprint density at radius 2 is 2.00 bits per heavy atom. The van der Waals surface area contributed by atoms with E-state index < -0.39 is 27.9 Å². The van der Waals surface area contributed by atoms with Crippen molar-refractivity contribution in [1.29, 1.82) is 0 Å². The molecule has 2 heterocycles.